The molecular formula is C29H27NO7. The van der Waals surface area contributed by atoms with Gasteiger partial charge in [-0.05, 0) is 26.3 Å². The maximum Gasteiger partial charge on any atom is 0.408 e. The maximum atomic E-state index is 13.2. The van der Waals surface area contributed by atoms with Gasteiger partial charge in [0.25, 0.3) is 0 Å². The van der Waals surface area contributed by atoms with Crippen LogP contribution in [0.25, 0.3) is 22.3 Å². The molecule has 0 spiro atoms. The number of rotatable bonds is 6. The molecule has 4 rings (SSSR count). The lowest BCUT2D eigenvalue weighted by Gasteiger charge is -2.23. The summed E-state index contributed by atoms with van der Waals surface area (Å²) in [7, 11) is 0. The summed E-state index contributed by atoms with van der Waals surface area (Å²) in [5, 5.41) is 13.0. The third kappa shape index (κ3) is 6.55. The van der Waals surface area contributed by atoms with Gasteiger partial charge < -0.3 is 24.3 Å². The van der Waals surface area contributed by atoms with Crippen LogP contribution in [0.5, 0.6) is 11.5 Å². The van der Waals surface area contributed by atoms with E-state index in [-0.39, 0.29) is 23.1 Å². The van der Waals surface area contributed by atoms with E-state index in [4.69, 9.17) is 13.9 Å². The van der Waals surface area contributed by atoms with Crippen molar-refractivity contribution in [2.75, 3.05) is 0 Å². The van der Waals surface area contributed by atoms with E-state index in [1.54, 1.807) is 45.0 Å². The number of nitrogens with one attached hydrogen (secondary N) is 1. The van der Waals surface area contributed by atoms with Gasteiger partial charge in [0.1, 0.15) is 39.9 Å². The van der Waals surface area contributed by atoms with E-state index in [1.165, 1.54) is 12.1 Å². The largest absolute Gasteiger partial charge is 0.507 e. The Morgan fingerprint density at radius 3 is 2.27 bits per heavy atom. The molecule has 0 bridgehead atoms. The van der Waals surface area contributed by atoms with Crippen LogP contribution in [0.3, 0.4) is 0 Å². The Morgan fingerprint density at radius 1 is 0.973 bits per heavy atom. The van der Waals surface area contributed by atoms with Crippen molar-refractivity contribution in [1.29, 1.82) is 0 Å². The Hall–Kier alpha value is -4.59. The second-order valence-corrected chi connectivity index (χ2v) is 9.47. The molecule has 8 heteroatoms. The summed E-state index contributed by atoms with van der Waals surface area (Å²) in [4.78, 5) is 38.3. The van der Waals surface area contributed by atoms with Crippen LogP contribution in [-0.2, 0) is 16.0 Å². The van der Waals surface area contributed by atoms with Crippen LogP contribution < -0.4 is 15.5 Å². The zero-order valence-corrected chi connectivity index (χ0v) is 20.7. The fourth-order valence-electron chi connectivity index (χ4n) is 3.73. The lowest BCUT2D eigenvalue weighted by atomic mass is 10.1. The molecule has 1 atom stereocenters. The molecule has 0 saturated heterocycles. The first kappa shape index (κ1) is 25.5. The van der Waals surface area contributed by atoms with E-state index in [0.29, 0.717) is 11.3 Å². The smallest absolute Gasteiger partial charge is 0.408 e. The van der Waals surface area contributed by atoms with Crippen molar-refractivity contribution in [2.24, 2.45) is 0 Å². The van der Waals surface area contributed by atoms with E-state index in [0.717, 1.165) is 11.6 Å². The van der Waals surface area contributed by atoms with Crippen molar-refractivity contribution < 1.29 is 28.6 Å². The van der Waals surface area contributed by atoms with E-state index in [1.807, 2.05) is 36.4 Å². The number of hydrogen-bond acceptors (Lipinski definition) is 7. The van der Waals surface area contributed by atoms with E-state index in [2.05, 4.69) is 5.32 Å². The summed E-state index contributed by atoms with van der Waals surface area (Å²) < 4.78 is 16.7. The topological polar surface area (TPSA) is 115 Å². The van der Waals surface area contributed by atoms with Crippen LogP contribution >= 0.6 is 0 Å². The third-order valence-electron chi connectivity index (χ3n) is 5.32. The first-order valence-corrected chi connectivity index (χ1v) is 11.7. The van der Waals surface area contributed by atoms with Crippen molar-refractivity contribution in [3.63, 3.8) is 0 Å². The third-order valence-corrected chi connectivity index (χ3v) is 5.32. The van der Waals surface area contributed by atoms with Crippen molar-refractivity contribution in [2.45, 2.75) is 38.8 Å². The lowest BCUT2D eigenvalue weighted by Crippen LogP contribution is -2.46. The molecule has 1 amide bonds. The number of ether oxygens (including phenoxy) is 2. The molecule has 1 heterocycles. The first-order valence-electron chi connectivity index (χ1n) is 11.7. The van der Waals surface area contributed by atoms with Gasteiger partial charge >= 0.3 is 12.1 Å². The molecule has 4 aromatic rings. The van der Waals surface area contributed by atoms with Crippen LogP contribution in [0, 0.1) is 0 Å². The molecule has 2 N–H and O–H groups in total. The number of fused-ring (bicyclic) bond motifs is 1. The molecule has 0 saturated carbocycles. The highest BCUT2D eigenvalue weighted by Gasteiger charge is 2.27. The molecule has 0 fully saturated rings. The number of benzene rings is 3. The van der Waals surface area contributed by atoms with Crippen LogP contribution in [-0.4, -0.2) is 28.8 Å². The van der Waals surface area contributed by atoms with Gasteiger partial charge in [0.15, 0.2) is 5.43 Å². The molecule has 0 unspecified atom stereocenters. The summed E-state index contributed by atoms with van der Waals surface area (Å²) in [6, 6.07) is 20.8. The fourth-order valence-corrected chi connectivity index (χ4v) is 3.73. The average molecular weight is 502 g/mol. The van der Waals surface area contributed by atoms with Gasteiger partial charge in [-0.1, -0.05) is 60.7 Å². The number of phenolic OH excluding ortho intramolecular Hbond substituents is 1. The SMILES string of the molecule is CC(C)(C)OC(=O)N[C@H](Cc1ccccc1)C(=O)Oc1cc(O)c2c(=O)cc(-c3ccccc3)oc2c1. The van der Waals surface area contributed by atoms with E-state index in [9.17, 15) is 19.5 Å². The number of alkyl carbamates (subject to hydrolysis) is 1. The highest BCUT2D eigenvalue weighted by Crippen LogP contribution is 2.31. The van der Waals surface area contributed by atoms with Crippen molar-refractivity contribution in [3.8, 4) is 22.8 Å². The van der Waals surface area contributed by atoms with Crippen LogP contribution in [0.2, 0.25) is 0 Å². The van der Waals surface area contributed by atoms with Gasteiger partial charge in [0.2, 0.25) is 0 Å². The number of aromatic hydroxyl groups is 1. The summed E-state index contributed by atoms with van der Waals surface area (Å²) in [5.74, 6) is -0.926. The average Bonchev–Trinajstić information content (AvgIpc) is 2.83. The molecule has 0 radical (unpaired) electrons. The van der Waals surface area contributed by atoms with Crippen molar-refractivity contribution >= 4 is 23.0 Å². The van der Waals surface area contributed by atoms with Crippen molar-refractivity contribution in [3.05, 3.63) is 94.6 Å². The van der Waals surface area contributed by atoms with E-state index < -0.39 is 34.9 Å². The molecule has 0 aliphatic rings. The summed E-state index contributed by atoms with van der Waals surface area (Å²) >= 11 is 0. The first-order chi connectivity index (χ1) is 17.6. The van der Waals surface area contributed by atoms with Gasteiger partial charge in [-0.3, -0.25) is 4.79 Å². The maximum absolute atomic E-state index is 13.2. The Labute approximate surface area is 213 Å². The lowest BCUT2D eigenvalue weighted by molar-refractivity contribution is -0.136. The van der Waals surface area contributed by atoms with Gasteiger partial charge in [-0.25, -0.2) is 9.59 Å². The molecule has 0 aliphatic carbocycles. The molecule has 190 valence electrons. The summed E-state index contributed by atoms with van der Waals surface area (Å²) in [5.41, 5.74) is 0.315. The van der Waals surface area contributed by atoms with Crippen molar-refractivity contribution in [1.82, 2.24) is 5.32 Å². The number of carbonyl (C=O) groups excluding carboxylic acids is 2. The van der Waals surface area contributed by atoms with Gasteiger partial charge in [0.05, 0.1) is 0 Å². The second kappa shape index (κ2) is 10.6. The Balaban J connectivity index is 1.63. The summed E-state index contributed by atoms with van der Waals surface area (Å²) in [6.07, 6.45) is -0.628. The normalized spacial score (nSPS) is 12.1. The zero-order chi connectivity index (χ0) is 26.6. The Bertz CT molecular complexity index is 1470. The number of hydrogen-bond donors (Lipinski definition) is 2. The molecular weight excluding hydrogens is 474 g/mol. The predicted molar refractivity (Wildman–Crippen MR) is 139 cm³/mol. The zero-order valence-electron chi connectivity index (χ0n) is 20.7. The van der Waals surface area contributed by atoms with Gasteiger partial charge in [-0.15, -0.1) is 0 Å². The minimum absolute atomic E-state index is 0.0350. The second-order valence-electron chi connectivity index (χ2n) is 9.47. The minimum Gasteiger partial charge on any atom is -0.507 e. The number of esters is 1. The predicted octanol–water partition coefficient (Wildman–Crippen LogP) is 5.21. The van der Waals surface area contributed by atoms with Gasteiger partial charge in [0, 0.05) is 30.2 Å². The quantitative estimate of drug-likeness (QED) is 0.275. The standard InChI is InChI=1S/C29H27NO7/c1-29(2,3)37-28(34)30-21(14-18-10-6-4-7-11-18)27(33)35-20-15-22(31)26-23(32)17-24(36-25(26)16-20)19-12-8-5-9-13-19/h4-13,15-17,21,31H,14H2,1-3H3,(H,30,34)/t21-/m1/s1. The highest BCUT2D eigenvalue weighted by molar-refractivity contribution is 5.88. The number of phenols is 1. The fraction of sp³-hybridized carbons (Fsp3) is 0.207. The molecule has 37 heavy (non-hydrogen) atoms. The van der Waals surface area contributed by atoms with E-state index >= 15 is 0 Å². The minimum atomic E-state index is -1.09. The number of carbonyl (C=O) groups is 2. The Morgan fingerprint density at radius 2 is 1.62 bits per heavy atom. The molecule has 1 aromatic heterocycles. The van der Waals surface area contributed by atoms with Crippen LogP contribution in [0.15, 0.2) is 88.1 Å². The molecule has 0 aliphatic heterocycles. The summed E-state index contributed by atoms with van der Waals surface area (Å²) in [6.45, 7) is 5.14. The highest BCUT2D eigenvalue weighted by atomic mass is 16.6. The molecule has 3 aromatic carbocycles. The van der Waals surface area contributed by atoms with Gasteiger partial charge in [-0.2, -0.15) is 0 Å². The number of amides is 1. The molecule has 8 nitrogen and oxygen atoms in total. The Kier molecular flexibility index (Phi) is 7.29. The monoisotopic (exact) mass is 501 g/mol. The van der Waals surface area contributed by atoms with Crippen LogP contribution in [0.1, 0.15) is 26.3 Å². The van der Waals surface area contributed by atoms with Crippen LogP contribution in [0.4, 0.5) is 4.79 Å².